The number of hydrogen-bond donors (Lipinski definition) is 1. The predicted octanol–water partition coefficient (Wildman–Crippen LogP) is 3.94. The number of nitrogens with zero attached hydrogens (tertiary/aromatic N) is 2. The summed E-state index contributed by atoms with van der Waals surface area (Å²) in [6.07, 6.45) is 3.23. The number of para-hydroxylation sites is 1. The van der Waals surface area contributed by atoms with Gasteiger partial charge in [0.25, 0.3) is 5.91 Å². The number of hydrazone groups is 1. The molecule has 0 saturated carbocycles. The molecule has 120 valence electrons. The fourth-order valence-electron chi connectivity index (χ4n) is 2.09. The van der Waals surface area contributed by atoms with E-state index in [1.165, 1.54) is 23.0 Å². The highest BCUT2D eigenvalue weighted by molar-refractivity contribution is 8.26. The highest BCUT2D eigenvalue weighted by Gasteiger charge is 2.32. The minimum absolute atomic E-state index is 0.0990. The molecule has 0 unspecified atom stereocenters. The van der Waals surface area contributed by atoms with Crippen molar-refractivity contribution < 1.29 is 9.90 Å². The van der Waals surface area contributed by atoms with Gasteiger partial charge in [-0.05, 0) is 42.9 Å². The highest BCUT2D eigenvalue weighted by Crippen LogP contribution is 2.32. The van der Waals surface area contributed by atoms with Crippen molar-refractivity contribution in [2.24, 2.45) is 5.10 Å². The molecule has 1 amide bonds. The Morgan fingerprint density at radius 1 is 1.17 bits per heavy atom. The molecule has 4 nitrogen and oxygen atoms in total. The fraction of sp³-hybridized carbons (Fsp3) is 0.0556. The van der Waals surface area contributed by atoms with E-state index in [0.717, 1.165) is 11.1 Å². The molecule has 1 fully saturated rings. The molecule has 1 heterocycles. The van der Waals surface area contributed by atoms with Gasteiger partial charge in [0.05, 0.1) is 11.1 Å². The first-order valence-electron chi connectivity index (χ1n) is 7.21. The molecule has 2 aromatic carbocycles. The number of carbonyl (C=O) groups excluding carboxylic acids is 1. The van der Waals surface area contributed by atoms with Crippen molar-refractivity contribution in [1.29, 1.82) is 0 Å². The van der Waals surface area contributed by atoms with Crippen LogP contribution in [0.2, 0.25) is 0 Å². The maximum absolute atomic E-state index is 12.5. The van der Waals surface area contributed by atoms with Gasteiger partial charge in [-0.1, -0.05) is 53.7 Å². The molecule has 0 atom stereocenters. The van der Waals surface area contributed by atoms with Gasteiger partial charge in [0, 0.05) is 5.56 Å². The van der Waals surface area contributed by atoms with E-state index in [2.05, 4.69) is 5.10 Å². The minimum atomic E-state index is -0.266. The van der Waals surface area contributed by atoms with Crippen LogP contribution in [0, 0.1) is 6.92 Å². The molecular weight excluding hydrogens is 340 g/mol. The molecule has 1 aliphatic heterocycles. The molecule has 6 heteroatoms. The lowest BCUT2D eigenvalue weighted by Gasteiger charge is -2.06. The molecule has 0 spiro atoms. The topological polar surface area (TPSA) is 52.9 Å². The number of benzene rings is 2. The molecule has 0 aliphatic carbocycles. The monoisotopic (exact) mass is 354 g/mol. The van der Waals surface area contributed by atoms with Gasteiger partial charge in [-0.2, -0.15) is 10.1 Å². The van der Waals surface area contributed by atoms with Crippen LogP contribution in [-0.2, 0) is 4.79 Å². The van der Waals surface area contributed by atoms with E-state index in [9.17, 15) is 9.90 Å². The van der Waals surface area contributed by atoms with Crippen molar-refractivity contribution in [3.8, 4) is 5.75 Å². The Balaban J connectivity index is 1.82. The van der Waals surface area contributed by atoms with Crippen LogP contribution >= 0.6 is 24.0 Å². The van der Waals surface area contributed by atoms with Crippen LogP contribution in [0.25, 0.3) is 6.08 Å². The van der Waals surface area contributed by atoms with Crippen LogP contribution in [0.3, 0.4) is 0 Å². The number of phenolic OH excluding ortho intramolecular Hbond substituents is 1. The SMILES string of the molecule is Cc1ccc(/C=C2/SC(=S)N(/N=C/c3ccccc3O)C2=O)cc1. The average molecular weight is 354 g/mol. The second kappa shape index (κ2) is 6.98. The van der Waals surface area contributed by atoms with Crippen LogP contribution < -0.4 is 0 Å². The van der Waals surface area contributed by atoms with E-state index >= 15 is 0 Å². The predicted molar refractivity (Wildman–Crippen MR) is 102 cm³/mol. The van der Waals surface area contributed by atoms with E-state index in [-0.39, 0.29) is 11.7 Å². The van der Waals surface area contributed by atoms with Gasteiger partial charge in [0.1, 0.15) is 5.75 Å². The molecule has 3 rings (SSSR count). The second-order valence-corrected chi connectivity index (χ2v) is 6.88. The zero-order valence-corrected chi connectivity index (χ0v) is 14.5. The maximum Gasteiger partial charge on any atom is 0.286 e. The molecule has 0 bridgehead atoms. The van der Waals surface area contributed by atoms with Crippen LogP contribution in [0.5, 0.6) is 5.75 Å². The van der Waals surface area contributed by atoms with Crippen LogP contribution in [0.1, 0.15) is 16.7 Å². The Kier molecular flexibility index (Phi) is 4.78. The number of thioether (sulfide) groups is 1. The summed E-state index contributed by atoms with van der Waals surface area (Å²) in [5.74, 6) is -0.167. The highest BCUT2D eigenvalue weighted by atomic mass is 32.2. The Morgan fingerprint density at radius 3 is 2.58 bits per heavy atom. The molecule has 0 aromatic heterocycles. The smallest absolute Gasteiger partial charge is 0.286 e. The Morgan fingerprint density at radius 2 is 1.88 bits per heavy atom. The molecule has 0 radical (unpaired) electrons. The third-order valence-corrected chi connectivity index (χ3v) is 4.68. The average Bonchev–Trinajstić information content (AvgIpc) is 2.83. The van der Waals surface area contributed by atoms with Crippen molar-refractivity contribution in [1.82, 2.24) is 5.01 Å². The van der Waals surface area contributed by atoms with Gasteiger partial charge in [-0.15, -0.1) is 0 Å². The Hall–Kier alpha value is -2.44. The summed E-state index contributed by atoms with van der Waals surface area (Å²) in [6, 6.07) is 14.6. The Labute approximate surface area is 149 Å². The third kappa shape index (κ3) is 3.55. The summed E-state index contributed by atoms with van der Waals surface area (Å²) in [7, 11) is 0. The number of aromatic hydroxyl groups is 1. The van der Waals surface area contributed by atoms with Crippen LogP contribution in [-0.4, -0.2) is 26.6 Å². The van der Waals surface area contributed by atoms with E-state index in [1.54, 1.807) is 30.3 Å². The van der Waals surface area contributed by atoms with E-state index < -0.39 is 0 Å². The summed E-state index contributed by atoms with van der Waals surface area (Å²) in [6.45, 7) is 2.01. The fourth-order valence-corrected chi connectivity index (χ4v) is 3.26. The zero-order chi connectivity index (χ0) is 17.1. The number of rotatable bonds is 3. The summed E-state index contributed by atoms with van der Waals surface area (Å²) in [5.41, 5.74) is 2.62. The largest absolute Gasteiger partial charge is 0.507 e. The van der Waals surface area contributed by atoms with Crippen LogP contribution in [0.4, 0.5) is 0 Å². The molecule has 1 saturated heterocycles. The Bertz CT molecular complexity index is 858. The van der Waals surface area contributed by atoms with Crippen molar-refractivity contribution in [2.45, 2.75) is 6.92 Å². The molecule has 2 aromatic rings. The standard InChI is InChI=1S/C18H14N2O2S2/c1-12-6-8-13(9-7-12)10-16-17(22)20(18(23)24-16)19-11-14-4-2-3-5-15(14)21/h2-11,21H,1H3/b16-10+,19-11+. The normalized spacial score (nSPS) is 16.5. The first-order chi connectivity index (χ1) is 11.5. The van der Waals surface area contributed by atoms with Crippen LogP contribution in [0.15, 0.2) is 58.5 Å². The quantitative estimate of drug-likeness (QED) is 0.515. The maximum atomic E-state index is 12.5. The first kappa shape index (κ1) is 16.4. The van der Waals surface area contributed by atoms with Gasteiger partial charge >= 0.3 is 0 Å². The summed E-state index contributed by atoms with van der Waals surface area (Å²) < 4.78 is 0.366. The van der Waals surface area contributed by atoms with Crippen molar-refractivity contribution in [3.63, 3.8) is 0 Å². The lowest BCUT2D eigenvalue weighted by Crippen LogP contribution is -2.22. The second-order valence-electron chi connectivity index (χ2n) is 5.21. The number of thiocarbonyl (C=S) groups is 1. The molecule has 1 N–H and O–H groups in total. The van der Waals surface area contributed by atoms with E-state index in [0.29, 0.717) is 14.8 Å². The lowest BCUT2D eigenvalue weighted by atomic mass is 10.1. The zero-order valence-electron chi connectivity index (χ0n) is 12.8. The van der Waals surface area contributed by atoms with E-state index in [1.807, 2.05) is 31.2 Å². The first-order valence-corrected chi connectivity index (χ1v) is 8.44. The summed E-state index contributed by atoms with van der Waals surface area (Å²) in [4.78, 5) is 13.0. The van der Waals surface area contributed by atoms with Gasteiger partial charge in [-0.3, -0.25) is 4.79 Å². The number of carbonyl (C=O) groups is 1. The molecule has 24 heavy (non-hydrogen) atoms. The van der Waals surface area contributed by atoms with Crippen molar-refractivity contribution >= 4 is 46.5 Å². The van der Waals surface area contributed by atoms with Gasteiger partial charge in [0.2, 0.25) is 0 Å². The summed E-state index contributed by atoms with van der Waals surface area (Å²) >= 11 is 6.44. The van der Waals surface area contributed by atoms with Gasteiger partial charge in [0.15, 0.2) is 4.32 Å². The number of hydrogen-bond acceptors (Lipinski definition) is 5. The number of phenols is 1. The van der Waals surface area contributed by atoms with Crippen molar-refractivity contribution in [2.75, 3.05) is 0 Å². The lowest BCUT2D eigenvalue weighted by molar-refractivity contribution is -0.122. The third-order valence-electron chi connectivity index (χ3n) is 3.40. The number of amides is 1. The van der Waals surface area contributed by atoms with Crippen molar-refractivity contribution in [3.05, 3.63) is 70.1 Å². The van der Waals surface area contributed by atoms with E-state index in [4.69, 9.17) is 12.2 Å². The van der Waals surface area contributed by atoms with Gasteiger partial charge < -0.3 is 5.11 Å². The van der Waals surface area contributed by atoms with Gasteiger partial charge in [-0.25, -0.2) is 0 Å². The summed E-state index contributed by atoms with van der Waals surface area (Å²) in [5, 5.41) is 15.0. The number of aryl methyl sites for hydroxylation is 1. The molecule has 1 aliphatic rings. The minimum Gasteiger partial charge on any atom is -0.507 e. The molecular formula is C18H14N2O2S2.